The zero-order chi connectivity index (χ0) is 49.4. The quantitative estimate of drug-likeness (QED) is 0.188. The lowest BCUT2D eigenvalue weighted by atomic mass is 9.77. The lowest BCUT2D eigenvalue weighted by Gasteiger charge is -2.39. The number of hydrogen-bond donors (Lipinski definition) is 1. The first-order valence-corrected chi connectivity index (χ1v) is 27.0. The van der Waals surface area contributed by atoms with Gasteiger partial charge in [-0.2, -0.15) is 0 Å². The highest BCUT2D eigenvalue weighted by molar-refractivity contribution is 7.91. The largest absolute Gasteiger partial charge is 0.489 e. The minimum atomic E-state index is -3.99. The van der Waals surface area contributed by atoms with Crippen LogP contribution in [0.25, 0.3) is 10.9 Å². The van der Waals surface area contributed by atoms with E-state index in [1.165, 1.54) is 4.90 Å². The molecule has 376 valence electrons. The molecule has 9 atom stereocenters. The summed E-state index contributed by atoms with van der Waals surface area (Å²) in [6, 6.07) is 6.73. The van der Waals surface area contributed by atoms with Crippen molar-refractivity contribution in [3.05, 3.63) is 42.5 Å². The van der Waals surface area contributed by atoms with Crippen molar-refractivity contribution in [2.75, 3.05) is 6.54 Å². The predicted molar refractivity (Wildman–Crippen MR) is 258 cm³/mol. The average Bonchev–Trinajstić information content (AvgIpc) is 4.22. The van der Waals surface area contributed by atoms with Crippen LogP contribution in [0.5, 0.6) is 11.6 Å². The molecule has 4 aliphatic heterocycles. The zero-order valence-electron chi connectivity index (χ0n) is 41.6. The van der Waals surface area contributed by atoms with E-state index in [1.807, 2.05) is 70.7 Å². The highest BCUT2D eigenvalue weighted by atomic mass is 32.2. The van der Waals surface area contributed by atoms with Gasteiger partial charge in [0.1, 0.15) is 29.7 Å². The van der Waals surface area contributed by atoms with E-state index in [0.717, 1.165) is 55.9 Å². The number of esters is 1. The van der Waals surface area contributed by atoms with Gasteiger partial charge in [0.2, 0.25) is 27.7 Å². The maximum Gasteiger partial charge on any atom is 0.410 e. The maximum absolute atomic E-state index is 15.1. The third-order valence-corrected chi connectivity index (χ3v) is 18.4. The lowest BCUT2D eigenvalue weighted by Crippen LogP contribution is -2.50. The number of ketones is 1. The molecular formula is C53H72N4O11S. The Morgan fingerprint density at radius 3 is 2.32 bits per heavy atom. The summed E-state index contributed by atoms with van der Waals surface area (Å²) < 4.78 is 53.8. The van der Waals surface area contributed by atoms with Crippen LogP contribution in [0, 0.1) is 28.6 Å². The molecule has 6 fully saturated rings. The molecule has 9 rings (SSSR count). The molecule has 3 aliphatic carbocycles. The number of benzene rings is 1. The monoisotopic (exact) mass is 972 g/mol. The Morgan fingerprint density at radius 1 is 0.957 bits per heavy atom. The number of pyridine rings is 1. The van der Waals surface area contributed by atoms with E-state index in [0.29, 0.717) is 49.3 Å². The second-order valence-electron chi connectivity index (χ2n) is 23.7. The second-order valence-corrected chi connectivity index (χ2v) is 25.9. The van der Waals surface area contributed by atoms with E-state index in [9.17, 15) is 27.6 Å². The molecule has 15 nitrogen and oxygen atoms in total. The summed E-state index contributed by atoms with van der Waals surface area (Å²) in [5, 5.41) is 0.846. The number of para-hydroxylation sites is 1. The number of rotatable bonds is 9. The van der Waals surface area contributed by atoms with Crippen LogP contribution >= 0.6 is 0 Å². The summed E-state index contributed by atoms with van der Waals surface area (Å²) in [5.41, 5.74) is -1.18. The van der Waals surface area contributed by atoms with Crippen LogP contribution in [0.3, 0.4) is 0 Å². The van der Waals surface area contributed by atoms with E-state index in [-0.39, 0.29) is 74.4 Å². The van der Waals surface area contributed by atoms with Crippen LogP contribution in [-0.4, -0.2) is 106 Å². The molecule has 2 unspecified atom stereocenters. The molecule has 0 spiro atoms. The molecule has 3 saturated carbocycles. The van der Waals surface area contributed by atoms with Gasteiger partial charge < -0.3 is 28.7 Å². The molecule has 3 amide bonds. The van der Waals surface area contributed by atoms with E-state index < -0.39 is 72.8 Å². The molecule has 5 heterocycles. The molecule has 7 aliphatic rings. The van der Waals surface area contributed by atoms with E-state index >= 15 is 4.79 Å². The van der Waals surface area contributed by atoms with Gasteiger partial charge in [-0.05, 0) is 115 Å². The Bertz CT molecular complexity index is 2500. The van der Waals surface area contributed by atoms with E-state index in [2.05, 4.69) is 11.3 Å². The number of nitrogens with zero attached hydrogens (tertiary/aromatic N) is 3. The lowest BCUT2D eigenvalue weighted by molar-refractivity contribution is -0.154. The van der Waals surface area contributed by atoms with Crippen molar-refractivity contribution in [1.82, 2.24) is 19.5 Å². The van der Waals surface area contributed by atoms with Crippen molar-refractivity contribution < 1.29 is 51.3 Å². The second kappa shape index (κ2) is 18.1. The smallest absolute Gasteiger partial charge is 0.410 e. The molecule has 1 aromatic heterocycles. The molecular weight excluding hydrogens is 901 g/mol. The normalized spacial score (nSPS) is 32.3. The fourth-order valence-electron chi connectivity index (χ4n) is 11.6. The number of Topliss-reactive ketones (excluding diaryl/α,β-unsaturated/α-hetero) is 1. The maximum atomic E-state index is 15.1. The molecule has 16 heteroatoms. The van der Waals surface area contributed by atoms with Crippen LogP contribution in [0.4, 0.5) is 4.79 Å². The fourth-order valence-corrected chi connectivity index (χ4v) is 12.9. The van der Waals surface area contributed by atoms with E-state index in [1.54, 1.807) is 13.0 Å². The highest BCUT2D eigenvalue weighted by Crippen LogP contribution is 2.57. The Labute approximate surface area is 407 Å². The Balaban J connectivity index is 1.05. The zero-order valence-corrected chi connectivity index (χ0v) is 42.4. The Morgan fingerprint density at radius 2 is 1.67 bits per heavy atom. The van der Waals surface area contributed by atoms with Crippen LogP contribution < -0.4 is 14.2 Å². The third kappa shape index (κ3) is 10.1. The number of carbonyl (C=O) groups is 5. The van der Waals surface area contributed by atoms with Crippen molar-refractivity contribution in [3.63, 3.8) is 0 Å². The molecule has 3 saturated heterocycles. The number of aromatic nitrogens is 1. The Kier molecular flexibility index (Phi) is 13.0. The van der Waals surface area contributed by atoms with Gasteiger partial charge in [-0.25, -0.2) is 18.2 Å². The molecule has 4 bridgehead atoms. The first-order chi connectivity index (χ1) is 32.5. The van der Waals surface area contributed by atoms with E-state index in [4.69, 9.17) is 23.9 Å². The molecule has 2 aromatic rings. The number of fused-ring (bicyclic) bond motifs is 7. The van der Waals surface area contributed by atoms with Crippen molar-refractivity contribution in [2.45, 2.75) is 198 Å². The fraction of sp³-hybridized carbons (Fsp3) is 0.698. The number of piperidine rings is 1. The van der Waals surface area contributed by atoms with Gasteiger partial charge in [-0.15, -0.1) is 6.58 Å². The summed E-state index contributed by atoms with van der Waals surface area (Å²) in [6.45, 7) is 16.8. The number of amides is 3. The average molecular weight is 973 g/mol. The number of ether oxygens (including phenoxy) is 4. The summed E-state index contributed by atoms with van der Waals surface area (Å²) in [7, 11) is -3.99. The van der Waals surface area contributed by atoms with Crippen LogP contribution in [-0.2, 0) is 45.1 Å². The number of nitrogens with one attached hydrogen (secondary N) is 1. The molecule has 0 radical (unpaired) electrons. The minimum absolute atomic E-state index is 0.00893. The standard InChI is InChI=1S/C53H72N4O11S/c1-9-32-28-53(32,48(61)55-69(63,64)52(8)21-22-52)29-42(58)41-26-36-30-56(41)47(60)39(50(2,3)4)27-44(59)67-43-23-31(43)15-11-10-12-17-38-45(37-16-13-14-18-40(37)54-46(38)66-36)65-35-24-33-19-20-34(25-35)57(33)49(62)68-51(5,6)7/h9,13-14,16,18,31-36,39,41,43H,1,10-12,15,17,19-30H2,2-8H3,(H,55,61)/t31-,32-,33?,34?,35?,36-,39-,41+,43-,53-/m1/s1. The number of allylic oxidation sites excluding steroid dienone is 1. The first-order valence-electron chi connectivity index (χ1n) is 25.5. The van der Waals surface area contributed by atoms with Gasteiger partial charge in [0.25, 0.3) is 0 Å². The number of sulfonamides is 1. The SMILES string of the molecule is C=C[C@@H]1C[C@]1(CC(=O)[C@@H]1C[C@@H]2CN1C(=O)[C@H](C(C)(C)C)CC(=O)O[C@@H]1C[C@H]1CCCCCc1c(nc3ccccc3c1OC1CC3CCC(C1)N3C(=O)OC(C)(C)C)O2)C(=O)NS(=O)(=O)C1(C)CC1. The van der Waals surface area contributed by atoms with Crippen LogP contribution in [0.15, 0.2) is 36.9 Å². The third-order valence-electron chi connectivity index (χ3n) is 16.2. The van der Waals surface area contributed by atoms with Gasteiger partial charge in [0.05, 0.1) is 46.2 Å². The highest BCUT2D eigenvalue weighted by Gasteiger charge is 2.63. The predicted octanol–water partition coefficient (Wildman–Crippen LogP) is 8.14. The number of hydrogen-bond acceptors (Lipinski definition) is 12. The summed E-state index contributed by atoms with van der Waals surface area (Å²) in [5.74, 6) is -1.92. The van der Waals surface area contributed by atoms with Gasteiger partial charge >= 0.3 is 12.1 Å². The van der Waals surface area contributed by atoms with Gasteiger partial charge in [-0.3, -0.25) is 23.9 Å². The van der Waals surface area contributed by atoms with Crippen molar-refractivity contribution in [2.24, 2.45) is 28.6 Å². The van der Waals surface area contributed by atoms with Crippen molar-refractivity contribution in [3.8, 4) is 11.6 Å². The topological polar surface area (TPSA) is 188 Å². The van der Waals surface area contributed by atoms with Gasteiger partial charge in [0.15, 0.2) is 5.78 Å². The van der Waals surface area contributed by atoms with Crippen LogP contribution in [0.2, 0.25) is 0 Å². The minimum Gasteiger partial charge on any atom is -0.489 e. The molecule has 1 N–H and O–H groups in total. The summed E-state index contributed by atoms with van der Waals surface area (Å²) in [4.78, 5) is 79.6. The van der Waals surface area contributed by atoms with Crippen molar-refractivity contribution in [1.29, 1.82) is 0 Å². The summed E-state index contributed by atoms with van der Waals surface area (Å²) >= 11 is 0. The van der Waals surface area contributed by atoms with Crippen molar-refractivity contribution >= 4 is 50.6 Å². The van der Waals surface area contributed by atoms with Crippen LogP contribution in [0.1, 0.15) is 150 Å². The first kappa shape index (κ1) is 49.3. The van der Waals surface area contributed by atoms with Gasteiger partial charge in [-0.1, -0.05) is 51.8 Å². The molecule has 69 heavy (non-hydrogen) atoms. The number of carbonyl (C=O) groups excluding carboxylic acids is 5. The Hall–Kier alpha value is -4.73. The van der Waals surface area contributed by atoms with Gasteiger partial charge in [0, 0.05) is 43.2 Å². The summed E-state index contributed by atoms with van der Waals surface area (Å²) in [6.07, 6.45) is 8.91. The molecule has 1 aromatic carbocycles.